The molecule has 1 heterocycles. The number of nitrogens with one attached hydrogen (secondary N) is 1. The lowest BCUT2D eigenvalue weighted by atomic mass is 9.92. The Balaban J connectivity index is 2.76. The number of sulfone groups is 1. The zero-order valence-corrected chi connectivity index (χ0v) is 13.3. The van der Waals surface area contributed by atoms with E-state index in [1.807, 2.05) is 0 Å². The highest BCUT2D eigenvalue weighted by Crippen LogP contribution is 2.27. The number of ether oxygens (including phenoxy) is 1. The van der Waals surface area contributed by atoms with Crippen molar-refractivity contribution in [3.8, 4) is 0 Å². The van der Waals surface area contributed by atoms with E-state index in [4.69, 9.17) is 4.74 Å². The van der Waals surface area contributed by atoms with Crippen LogP contribution in [0.25, 0.3) is 0 Å². The molecule has 5 heteroatoms. The maximum Gasteiger partial charge on any atom is 0.154 e. The van der Waals surface area contributed by atoms with Gasteiger partial charge in [-0.25, -0.2) is 8.42 Å². The van der Waals surface area contributed by atoms with E-state index in [9.17, 15) is 8.42 Å². The van der Waals surface area contributed by atoms with Crippen molar-refractivity contribution < 1.29 is 13.2 Å². The predicted octanol–water partition coefficient (Wildman–Crippen LogP) is 1.99. The summed E-state index contributed by atoms with van der Waals surface area (Å²) in [5.41, 5.74) is 0. The van der Waals surface area contributed by atoms with E-state index in [0.717, 1.165) is 38.6 Å². The first kappa shape index (κ1) is 16.9. The van der Waals surface area contributed by atoms with Gasteiger partial charge >= 0.3 is 0 Å². The van der Waals surface area contributed by atoms with Gasteiger partial charge in [0.25, 0.3) is 0 Å². The van der Waals surface area contributed by atoms with Crippen molar-refractivity contribution >= 4 is 9.84 Å². The summed E-state index contributed by atoms with van der Waals surface area (Å²) in [7, 11) is -1.23. The minimum atomic E-state index is -2.93. The van der Waals surface area contributed by atoms with Crippen LogP contribution >= 0.6 is 0 Å². The monoisotopic (exact) mass is 291 g/mol. The highest BCUT2D eigenvalue weighted by Gasteiger charge is 2.37. The molecule has 0 bridgehead atoms. The molecule has 0 aromatic rings. The molecule has 4 nitrogen and oxygen atoms in total. The molecule has 0 aromatic heterocycles. The van der Waals surface area contributed by atoms with Crippen LogP contribution in [0.4, 0.5) is 0 Å². The predicted molar refractivity (Wildman–Crippen MR) is 79.2 cm³/mol. The minimum Gasteiger partial charge on any atom is -0.385 e. The van der Waals surface area contributed by atoms with E-state index >= 15 is 0 Å². The summed E-state index contributed by atoms with van der Waals surface area (Å²) in [5.74, 6) is 0.684. The molecule has 1 aliphatic heterocycles. The van der Waals surface area contributed by atoms with Gasteiger partial charge in [-0.05, 0) is 38.1 Å². The molecule has 114 valence electrons. The van der Waals surface area contributed by atoms with E-state index in [1.165, 1.54) is 0 Å². The molecule has 0 radical (unpaired) electrons. The normalized spacial score (nSPS) is 25.9. The fourth-order valence-corrected chi connectivity index (χ4v) is 5.12. The van der Waals surface area contributed by atoms with Crippen LogP contribution in [0.3, 0.4) is 0 Å². The fourth-order valence-electron chi connectivity index (χ4n) is 2.88. The Kier molecular flexibility index (Phi) is 7.32. The Labute approximate surface area is 118 Å². The van der Waals surface area contributed by atoms with Gasteiger partial charge < -0.3 is 10.1 Å². The molecule has 1 saturated heterocycles. The lowest BCUT2D eigenvalue weighted by Crippen LogP contribution is -2.50. The standard InChI is InChI=1S/C14H29NO3S/c1-4-9-15-14(12(2)8-10-18-3)13-7-5-6-11-19(13,16)17/h12-15H,4-11H2,1-3H3. The van der Waals surface area contributed by atoms with Gasteiger partial charge in [-0.3, -0.25) is 0 Å². The smallest absolute Gasteiger partial charge is 0.154 e. The lowest BCUT2D eigenvalue weighted by molar-refractivity contribution is 0.168. The first-order valence-electron chi connectivity index (χ1n) is 7.46. The molecular weight excluding hydrogens is 262 g/mol. The zero-order chi connectivity index (χ0) is 14.3. The number of rotatable bonds is 8. The van der Waals surface area contributed by atoms with Crippen LogP contribution in [-0.4, -0.2) is 45.7 Å². The zero-order valence-electron chi connectivity index (χ0n) is 12.5. The molecule has 19 heavy (non-hydrogen) atoms. The Morgan fingerprint density at radius 3 is 2.68 bits per heavy atom. The largest absolute Gasteiger partial charge is 0.385 e. The van der Waals surface area contributed by atoms with Crippen LogP contribution in [0, 0.1) is 5.92 Å². The van der Waals surface area contributed by atoms with E-state index < -0.39 is 9.84 Å². The average molecular weight is 291 g/mol. The van der Waals surface area contributed by atoms with Crippen molar-refractivity contribution in [2.24, 2.45) is 5.92 Å². The highest BCUT2D eigenvalue weighted by molar-refractivity contribution is 7.92. The van der Waals surface area contributed by atoms with Gasteiger partial charge in [0.15, 0.2) is 9.84 Å². The summed E-state index contributed by atoms with van der Waals surface area (Å²) in [6.07, 6.45) is 4.60. The molecule has 1 rings (SSSR count). The molecule has 1 N–H and O–H groups in total. The van der Waals surface area contributed by atoms with Crippen LogP contribution in [0.2, 0.25) is 0 Å². The second-order valence-electron chi connectivity index (χ2n) is 5.64. The van der Waals surface area contributed by atoms with E-state index in [-0.39, 0.29) is 11.3 Å². The van der Waals surface area contributed by atoms with Crippen molar-refractivity contribution in [2.75, 3.05) is 26.0 Å². The van der Waals surface area contributed by atoms with Gasteiger partial charge in [-0.2, -0.15) is 0 Å². The topological polar surface area (TPSA) is 55.4 Å². The average Bonchev–Trinajstić information content (AvgIpc) is 2.38. The van der Waals surface area contributed by atoms with Crippen molar-refractivity contribution in [1.82, 2.24) is 5.32 Å². The third-order valence-corrected chi connectivity index (χ3v) is 6.36. The lowest BCUT2D eigenvalue weighted by Gasteiger charge is -2.34. The maximum atomic E-state index is 12.3. The third-order valence-electron chi connectivity index (χ3n) is 4.05. The molecule has 1 aliphatic rings. The Bertz CT molecular complexity index is 343. The highest BCUT2D eigenvalue weighted by atomic mass is 32.2. The van der Waals surface area contributed by atoms with Crippen molar-refractivity contribution in [3.05, 3.63) is 0 Å². The maximum absolute atomic E-state index is 12.3. The molecule has 3 atom stereocenters. The molecule has 0 saturated carbocycles. The quantitative estimate of drug-likeness (QED) is 0.743. The van der Waals surface area contributed by atoms with Crippen LogP contribution in [0.15, 0.2) is 0 Å². The van der Waals surface area contributed by atoms with Crippen molar-refractivity contribution in [3.63, 3.8) is 0 Å². The summed E-state index contributed by atoms with van der Waals surface area (Å²) in [6.45, 7) is 5.82. The Morgan fingerprint density at radius 1 is 1.37 bits per heavy atom. The second-order valence-corrected chi connectivity index (χ2v) is 7.98. The number of hydrogen-bond donors (Lipinski definition) is 1. The Hall–Kier alpha value is -0.130. The first-order chi connectivity index (χ1) is 9.03. The van der Waals surface area contributed by atoms with Crippen LogP contribution < -0.4 is 5.32 Å². The molecular formula is C14H29NO3S. The summed E-state index contributed by atoms with van der Waals surface area (Å²) < 4.78 is 29.7. The number of methoxy groups -OCH3 is 1. The summed E-state index contributed by atoms with van der Waals surface area (Å²) in [5, 5.41) is 3.26. The molecule has 1 fully saturated rings. The first-order valence-corrected chi connectivity index (χ1v) is 9.18. The van der Waals surface area contributed by atoms with Gasteiger partial charge in [0.05, 0.1) is 11.0 Å². The van der Waals surface area contributed by atoms with Gasteiger partial charge in [-0.1, -0.05) is 20.3 Å². The van der Waals surface area contributed by atoms with Crippen molar-refractivity contribution in [1.29, 1.82) is 0 Å². The van der Waals surface area contributed by atoms with Crippen LogP contribution in [0.5, 0.6) is 0 Å². The van der Waals surface area contributed by atoms with E-state index in [1.54, 1.807) is 7.11 Å². The Morgan fingerprint density at radius 2 is 2.11 bits per heavy atom. The molecule has 0 aromatic carbocycles. The molecule has 0 amide bonds. The van der Waals surface area contributed by atoms with E-state index in [2.05, 4.69) is 19.2 Å². The van der Waals surface area contributed by atoms with Gasteiger partial charge in [0, 0.05) is 19.8 Å². The second kappa shape index (κ2) is 8.22. The molecule has 0 aliphatic carbocycles. The summed E-state index contributed by atoms with van der Waals surface area (Å²) in [6, 6.07) is 0.0698. The van der Waals surface area contributed by atoms with Gasteiger partial charge in [0.2, 0.25) is 0 Å². The number of hydrogen-bond acceptors (Lipinski definition) is 4. The summed E-state index contributed by atoms with van der Waals surface area (Å²) >= 11 is 0. The minimum absolute atomic E-state index is 0.0698. The van der Waals surface area contributed by atoms with Gasteiger partial charge in [-0.15, -0.1) is 0 Å². The summed E-state index contributed by atoms with van der Waals surface area (Å²) in [4.78, 5) is 0. The van der Waals surface area contributed by atoms with Gasteiger partial charge in [0.1, 0.15) is 0 Å². The van der Waals surface area contributed by atoms with Crippen LogP contribution in [0.1, 0.15) is 46.0 Å². The SMILES string of the molecule is CCCNC(C(C)CCOC)C1CCCCS1(=O)=O. The fraction of sp³-hybridized carbons (Fsp3) is 1.00. The molecule has 3 unspecified atom stereocenters. The molecule has 0 spiro atoms. The van der Waals surface area contributed by atoms with Crippen molar-refractivity contribution in [2.45, 2.75) is 57.2 Å². The van der Waals surface area contributed by atoms with Crippen LogP contribution in [-0.2, 0) is 14.6 Å². The van der Waals surface area contributed by atoms with E-state index in [0.29, 0.717) is 18.3 Å². The third kappa shape index (κ3) is 5.04.